The van der Waals surface area contributed by atoms with Gasteiger partial charge in [0.05, 0.1) is 0 Å². The van der Waals surface area contributed by atoms with E-state index in [0.717, 1.165) is 5.56 Å². The average Bonchev–Trinajstić information content (AvgIpc) is 2.83. The number of hydrogen-bond donors (Lipinski definition) is 0. The Bertz CT molecular complexity index is 521. The van der Waals surface area contributed by atoms with Gasteiger partial charge in [-0.15, -0.1) is 0 Å². The number of carbonyl (C=O) groups excluding carboxylic acids is 1. The van der Waals surface area contributed by atoms with Gasteiger partial charge in [0.25, 0.3) is 0 Å². The van der Waals surface area contributed by atoms with Crippen LogP contribution in [0.2, 0.25) is 0 Å². The highest BCUT2D eigenvalue weighted by molar-refractivity contribution is 5.81. The van der Waals surface area contributed by atoms with Crippen LogP contribution in [0.25, 0.3) is 0 Å². The van der Waals surface area contributed by atoms with E-state index in [4.69, 9.17) is 0 Å². The summed E-state index contributed by atoms with van der Waals surface area (Å²) in [5.74, 6) is -2.49. The second kappa shape index (κ2) is 7.29. The van der Waals surface area contributed by atoms with E-state index < -0.39 is 24.2 Å². The molecule has 7 heteroatoms. The van der Waals surface area contributed by atoms with Gasteiger partial charge in [-0.1, -0.05) is 30.3 Å². The van der Waals surface area contributed by atoms with Crippen LogP contribution in [0, 0.1) is 5.92 Å². The van der Waals surface area contributed by atoms with Crippen LogP contribution in [0.5, 0.6) is 0 Å². The summed E-state index contributed by atoms with van der Waals surface area (Å²) >= 11 is 0. The fraction of sp³-hybridized carbons (Fsp3) is 0.562. The highest BCUT2D eigenvalue weighted by Gasteiger charge is 2.44. The Hall–Kier alpha value is -1.63. The highest BCUT2D eigenvalue weighted by atomic mass is 19.4. The van der Waals surface area contributed by atoms with Gasteiger partial charge < -0.3 is 4.90 Å². The maximum Gasteiger partial charge on any atom is 0.471 e. The SMILES string of the molecule is CCN(C[C@@H]1CN(Cc2ccccc2)C[C@@H]1F)C(=O)C(F)(F)F. The first-order valence-electron chi connectivity index (χ1n) is 7.57. The fourth-order valence-electron chi connectivity index (χ4n) is 2.88. The molecule has 1 aliphatic rings. The van der Waals surface area contributed by atoms with E-state index in [1.54, 1.807) is 0 Å². The molecule has 23 heavy (non-hydrogen) atoms. The second-order valence-corrected chi connectivity index (χ2v) is 5.80. The summed E-state index contributed by atoms with van der Waals surface area (Å²) < 4.78 is 51.7. The van der Waals surface area contributed by atoms with Crippen molar-refractivity contribution in [3.8, 4) is 0 Å². The smallest absolute Gasteiger partial charge is 0.335 e. The molecule has 1 aromatic carbocycles. The first-order chi connectivity index (χ1) is 10.8. The van der Waals surface area contributed by atoms with Gasteiger partial charge in [0, 0.05) is 38.6 Å². The number of amides is 1. The van der Waals surface area contributed by atoms with Crippen molar-refractivity contribution < 1.29 is 22.4 Å². The zero-order chi connectivity index (χ0) is 17.0. The summed E-state index contributed by atoms with van der Waals surface area (Å²) in [4.78, 5) is 13.9. The van der Waals surface area contributed by atoms with E-state index >= 15 is 0 Å². The summed E-state index contributed by atoms with van der Waals surface area (Å²) in [6.07, 6.45) is -6.14. The lowest BCUT2D eigenvalue weighted by molar-refractivity contribution is -0.186. The molecule has 2 rings (SSSR count). The van der Waals surface area contributed by atoms with Crippen molar-refractivity contribution in [1.82, 2.24) is 9.80 Å². The highest BCUT2D eigenvalue weighted by Crippen LogP contribution is 2.25. The topological polar surface area (TPSA) is 23.6 Å². The molecule has 0 saturated carbocycles. The van der Waals surface area contributed by atoms with Crippen LogP contribution in [-0.2, 0) is 11.3 Å². The average molecular weight is 332 g/mol. The molecule has 0 aliphatic carbocycles. The number of likely N-dealkylation sites (tertiary alicyclic amines) is 1. The third kappa shape index (κ3) is 4.67. The van der Waals surface area contributed by atoms with E-state index in [-0.39, 0.29) is 19.6 Å². The molecule has 0 unspecified atom stereocenters. The van der Waals surface area contributed by atoms with Gasteiger partial charge in [-0.05, 0) is 12.5 Å². The molecular weight excluding hydrogens is 312 g/mol. The van der Waals surface area contributed by atoms with Crippen LogP contribution in [0.4, 0.5) is 17.6 Å². The van der Waals surface area contributed by atoms with Crippen LogP contribution in [0.3, 0.4) is 0 Å². The van der Waals surface area contributed by atoms with E-state index in [2.05, 4.69) is 0 Å². The molecule has 1 heterocycles. The van der Waals surface area contributed by atoms with Crippen molar-refractivity contribution in [1.29, 1.82) is 0 Å². The minimum absolute atomic E-state index is 0.0831. The number of halogens is 4. The van der Waals surface area contributed by atoms with Gasteiger partial charge in [0.1, 0.15) is 6.17 Å². The van der Waals surface area contributed by atoms with Crippen LogP contribution in [0.15, 0.2) is 30.3 Å². The summed E-state index contributed by atoms with van der Waals surface area (Å²) in [6, 6.07) is 9.50. The normalized spacial score (nSPS) is 22.3. The summed E-state index contributed by atoms with van der Waals surface area (Å²) in [5.41, 5.74) is 1.03. The molecule has 1 fully saturated rings. The Balaban J connectivity index is 1.94. The number of rotatable bonds is 5. The monoisotopic (exact) mass is 332 g/mol. The zero-order valence-corrected chi connectivity index (χ0v) is 12.9. The van der Waals surface area contributed by atoms with E-state index in [0.29, 0.717) is 18.0 Å². The first-order valence-corrected chi connectivity index (χ1v) is 7.57. The van der Waals surface area contributed by atoms with Crippen molar-refractivity contribution in [2.75, 3.05) is 26.2 Å². The molecule has 0 N–H and O–H groups in total. The Labute approximate surface area is 132 Å². The van der Waals surface area contributed by atoms with Crippen molar-refractivity contribution >= 4 is 5.91 Å². The summed E-state index contributed by atoms with van der Waals surface area (Å²) in [7, 11) is 0. The molecule has 1 aliphatic heterocycles. The largest absolute Gasteiger partial charge is 0.471 e. The predicted molar refractivity (Wildman–Crippen MR) is 78.4 cm³/mol. The van der Waals surface area contributed by atoms with Crippen LogP contribution >= 0.6 is 0 Å². The first kappa shape index (κ1) is 17.7. The van der Waals surface area contributed by atoms with E-state index in [9.17, 15) is 22.4 Å². The summed E-state index contributed by atoms with van der Waals surface area (Å²) in [6.45, 7) is 2.25. The molecule has 0 aromatic heterocycles. The van der Waals surface area contributed by atoms with Gasteiger partial charge in [0.15, 0.2) is 0 Å². The Kier molecular flexibility index (Phi) is 5.62. The van der Waals surface area contributed by atoms with Gasteiger partial charge in [-0.3, -0.25) is 9.69 Å². The lowest BCUT2D eigenvalue weighted by Gasteiger charge is -2.26. The van der Waals surface area contributed by atoms with Crippen molar-refractivity contribution in [3.63, 3.8) is 0 Å². The second-order valence-electron chi connectivity index (χ2n) is 5.80. The predicted octanol–water partition coefficient (Wildman–Crippen LogP) is 2.87. The van der Waals surface area contributed by atoms with Crippen LogP contribution < -0.4 is 0 Å². The lowest BCUT2D eigenvalue weighted by atomic mass is 10.1. The van der Waals surface area contributed by atoms with E-state index in [1.807, 2.05) is 35.2 Å². The molecule has 0 radical (unpaired) electrons. The molecule has 3 nitrogen and oxygen atoms in total. The third-order valence-electron chi connectivity index (χ3n) is 4.05. The van der Waals surface area contributed by atoms with Crippen molar-refractivity contribution in [2.45, 2.75) is 25.8 Å². The van der Waals surface area contributed by atoms with Crippen LogP contribution in [0.1, 0.15) is 12.5 Å². The van der Waals surface area contributed by atoms with Crippen LogP contribution in [-0.4, -0.2) is 54.2 Å². The standard InChI is InChI=1S/C16H20F4N2O/c1-2-22(15(23)16(18,19)20)10-13-9-21(11-14(13)17)8-12-6-4-3-5-7-12/h3-7,13-14H,2,8-11H2,1H3/t13-,14-/m0/s1. The maximum absolute atomic E-state index is 14.1. The number of hydrogen-bond acceptors (Lipinski definition) is 2. The minimum Gasteiger partial charge on any atom is -0.335 e. The number of carbonyl (C=O) groups is 1. The Morgan fingerprint density at radius 1 is 1.26 bits per heavy atom. The Morgan fingerprint density at radius 2 is 1.91 bits per heavy atom. The Morgan fingerprint density at radius 3 is 2.48 bits per heavy atom. The molecule has 0 bridgehead atoms. The summed E-state index contributed by atoms with van der Waals surface area (Å²) in [5, 5.41) is 0. The molecule has 2 atom stereocenters. The maximum atomic E-state index is 14.1. The molecule has 0 spiro atoms. The molecule has 128 valence electrons. The van der Waals surface area contributed by atoms with Crippen molar-refractivity contribution in [3.05, 3.63) is 35.9 Å². The number of nitrogens with zero attached hydrogens (tertiary/aromatic N) is 2. The van der Waals surface area contributed by atoms with E-state index in [1.165, 1.54) is 6.92 Å². The molecular formula is C16H20F4N2O. The fourth-order valence-corrected chi connectivity index (χ4v) is 2.88. The van der Waals surface area contributed by atoms with Gasteiger partial charge in [-0.2, -0.15) is 13.2 Å². The number of alkyl halides is 4. The molecule has 1 aromatic rings. The van der Waals surface area contributed by atoms with Gasteiger partial charge in [-0.25, -0.2) is 4.39 Å². The van der Waals surface area contributed by atoms with Gasteiger partial charge in [0.2, 0.25) is 0 Å². The third-order valence-corrected chi connectivity index (χ3v) is 4.05. The quantitative estimate of drug-likeness (QED) is 0.774. The van der Waals surface area contributed by atoms with Gasteiger partial charge >= 0.3 is 12.1 Å². The molecule has 1 amide bonds. The lowest BCUT2D eigenvalue weighted by Crippen LogP contribution is -2.44. The minimum atomic E-state index is -4.91. The van der Waals surface area contributed by atoms with Crippen molar-refractivity contribution in [2.24, 2.45) is 5.92 Å². The molecule has 1 saturated heterocycles. The number of benzene rings is 1. The zero-order valence-electron chi connectivity index (χ0n) is 12.9.